The first-order valence-corrected chi connectivity index (χ1v) is 8.58. The van der Waals surface area contributed by atoms with Gasteiger partial charge in [0, 0.05) is 12.6 Å². The first kappa shape index (κ1) is 17.2. The minimum atomic E-state index is -0.527. The molecule has 0 aliphatic carbocycles. The van der Waals surface area contributed by atoms with Crippen molar-refractivity contribution in [1.82, 2.24) is 14.7 Å². The molecule has 1 amide bonds. The molecule has 1 aromatic heterocycles. The van der Waals surface area contributed by atoms with Crippen molar-refractivity contribution in [1.29, 1.82) is 0 Å². The molecule has 0 unspecified atom stereocenters. The predicted molar refractivity (Wildman–Crippen MR) is 94.1 cm³/mol. The highest BCUT2D eigenvalue weighted by Gasteiger charge is 2.25. The molecule has 7 heteroatoms. The van der Waals surface area contributed by atoms with Gasteiger partial charge in [-0.3, -0.25) is 9.48 Å². The van der Waals surface area contributed by atoms with Gasteiger partial charge in [0.1, 0.15) is 18.2 Å². The van der Waals surface area contributed by atoms with E-state index in [2.05, 4.69) is 5.10 Å². The molecule has 0 bridgehead atoms. The van der Waals surface area contributed by atoms with Crippen molar-refractivity contribution < 1.29 is 18.3 Å². The Morgan fingerprint density at radius 3 is 2.74 bits per heavy atom. The van der Waals surface area contributed by atoms with Gasteiger partial charge in [0.25, 0.3) is 5.91 Å². The summed E-state index contributed by atoms with van der Waals surface area (Å²) in [5.74, 6) is -0.777. The Morgan fingerprint density at radius 2 is 1.93 bits per heavy atom. The van der Waals surface area contributed by atoms with E-state index in [-0.39, 0.29) is 23.9 Å². The highest BCUT2D eigenvalue weighted by Crippen LogP contribution is 2.21. The molecule has 2 heterocycles. The van der Waals surface area contributed by atoms with Crippen LogP contribution in [-0.4, -0.2) is 27.1 Å². The maximum Gasteiger partial charge on any atom is 0.257 e. The molecule has 27 heavy (non-hydrogen) atoms. The number of hydrogen-bond donors (Lipinski definition) is 0. The average Bonchev–Trinajstić information content (AvgIpc) is 3.08. The van der Waals surface area contributed by atoms with E-state index in [9.17, 15) is 13.6 Å². The largest absolute Gasteiger partial charge is 0.472 e. The number of carbonyl (C=O) groups is 1. The molecule has 0 atom stereocenters. The van der Waals surface area contributed by atoms with E-state index in [1.54, 1.807) is 39.9 Å². The Hall–Kier alpha value is -3.22. The summed E-state index contributed by atoms with van der Waals surface area (Å²) in [5.41, 5.74) is 1.57. The first-order chi connectivity index (χ1) is 13.1. The van der Waals surface area contributed by atoms with Crippen molar-refractivity contribution in [2.45, 2.75) is 19.7 Å². The molecule has 3 aromatic rings. The highest BCUT2D eigenvalue weighted by atomic mass is 19.1. The number of rotatable bonds is 4. The predicted octanol–water partition coefficient (Wildman–Crippen LogP) is 3.40. The zero-order valence-corrected chi connectivity index (χ0v) is 14.4. The summed E-state index contributed by atoms with van der Waals surface area (Å²) < 4.78 is 34.5. The van der Waals surface area contributed by atoms with Crippen LogP contribution in [0.5, 0.6) is 5.88 Å². The zero-order chi connectivity index (χ0) is 18.8. The van der Waals surface area contributed by atoms with Crippen molar-refractivity contribution in [3.8, 4) is 5.88 Å². The van der Waals surface area contributed by atoms with Crippen molar-refractivity contribution in [2.75, 3.05) is 6.54 Å². The molecule has 0 N–H and O–H groups in total. The number of ether oxygens (including phenoxy) is 1. The van der Waals surface area contributed by atoms with Crippen LogP contribution in [0.15, 0.2) is 54.6 Å². The lowest BCUT2D eigenvalue weighted by Gasteiger charge is -2.27. The van der Waals surface area contributed by atoms with E-state index in [0.717, 1.165) is 5.69 Å². The Bertz CT molecular complexity index is 987. The van der Waals surface area contributed by atoms with Crippen LogP contribution in [0.3, 0.4) is 0 Å². The van der Waals surface area contributed by atoms with Gasteiger partial charge in [-0.25, -0.2) is 8.78 Å². The van der Waals surface area contributed by atoms with Gasteiger partial charge < -0.3 is 9.64 Å². The Labute approximate surface area is 154 Å². The number of halogens is 2. The van der Waals surface area contributed by atoms with E-state index in [1.807, 2.05) is 0 Å². The fourth-order valence-corrected chi connectivity index (χ4v) is 3.07. The molecule has 1 aliphatic rings. The van der Waals surface area contributed by atoms with Crippen molar-refractivity contribution in [2.24, 2.45) is 0 Å². The van der Waals surface area contributed by atoms with Gasteiger partial charge in [0.15, 0.2) is 0 Å². The lowest BCUT2D eigenvalue weighted by atomic mass is 10.1. The topological polar surface area (TPSA) is 47.4 Å². The fourth-order valence-electron chi connectivity index (χ4n) is 3.07. The Balaban J connectivity index is 1.44. The third-order valence-corrected chi connectivity index (χ3v) is 4.44. The molecule has 0 spiro atoms. The molecule has 5 nitrogen and oxygen atoms in total. The van der Waals surface area contributed by atoms with E-state index in [4.69, 9.17) is 4.74 Å². The van der Waals surface area contributed by atoms with Gasteiger partial charge in [-0.1, -0.05) is 24.3 Å². The molecule has 0 radical (unpaired) electrons. The fraction of sp³-hybridized carbons (Fsp3) is 0.200. The maximum atomic E-state index is 13.9. The summed E-state index contributed by atoms with van der Waals surface area (Å²) in [4.78, 5) is 14.2. The number of nitrogens with zero attached hydrogens (tertiary/aromatic N) is 3. The van der Waals surface area contributed by atoms with Crippen LogP contribution in [0.1, 0.15) is 21.6 Å². The number of aromatic nitrogens is 2. The number of hydrogen-bond acceptors (Lipinski definition) is 3. The van der Waals surface area contributed by atoms with E-state index < -0.39 is 5.82 Å². The summed E-state index contributed by atoms with van der Waals surface area (Å²) in [5, 5.41) is 4.36. The number of carbonyl (C=O) groups excluding carboxylic acids is 1. The molecule has 138 valence electrons. The van der Waals surface area contributed by atoms with Gasteiger partial charge in [-0.2, -0.15) is 0 Å². The van der Waals surface area contributed by atoms with Crippen LogP contribution in [0.4, 0.5) is 8.78 Å². The monoisotopic (exact) mass is 369 g/mol. The van der Waals surface area contributed by atoms with Gasteiger partial charge in [0.05, 0.1) is 24.3 Å². The van der Waals surface area contributed by atoms with Crippen LogP contribution < -0.4 is 4.74 Å². The molecule has 0 fully saturated rings. The maximum absolute atomic E-state index is 13.9. The molecule has 1 aliphatic heterocycles. The van der Waals surface area contributed by atoms with Crippen LogP contribution >= 0.6 is 0 Å². The third-order valence-electron chi connectivity index (χ3n) is 4.44. The van der Waals surface area contributed by atoms with Crippen LogP contribution in [-0.2, 0) is 19.7 Å². The summed E-state index contributed by atoms with van der Waals surface area (Å²) >= 11 is 0. The molecule has 0 saturated heterocycles. The van der Waals surface area contributed by atoms with E-state index >= 15 is 0 Å². The molecular weight excluding hydrogens is 352 g/mol. The Kier molecular flexibility index (Phi) is 4.58. The average molecular weight is 369 g/mol. The van der Waals surface area contributed by atoms with Crippen molar-refractivity contribution in [3.05, 3.63) is 83.1 Å². The summed E-state index contributed by atoms with van der Waals surface area (Å²) in [7, 11) is 0. The lowest BCUT2D eigenvalue weighted by molar-refractivity contribution is 0.0701. The SMILES string of the molecule is O=C(c1ccccc1F)N1CCn2nc(OCc3cccc(F)c3)cc2C1. The minimum absolute atomic E-state index is 0.0630. The van der Waals surface area contributed by atoms with E-state index in [1.165, 1.54) is 24.3 Å². The zero-order valence-electron chi connectivity index (χ0n) is 14.4. The molecule has 4 rings (SSSR count). The number of amides is 1. The van der Waals surface area contributed by atoms with Crippen molar-refractivity contribution in [3.63, 3.8) is 0 Å². The normalized spacial score (nSPS) is 13.3. The van der Waals surface area contributed by atoms with Crippen LogP contribution in [0, 0.1) is 11.6 Å². The van der Waals surface area contributed by atoms with E-state index in [0.29, 0.717) is 31.1 Å². The van der Waals surface area contributed by atoms with Gasteiger partial charge in [-0.05, 0) is 29.8 Å². The second-order valence-electron chi connectivity index (χ2n) is 6.32. The third kappa shape index (κ3) is 3.67. The smallest absolute Gasteiger partial charge is 0.257 e. The quantitative estimate of drug-likeness (QED) is 0.708. The highest BCUT2D eigenvalue weighted by molar-refractivity contribution is 5.94. The van der Waals surface area contributed by atoms with Gasteiger partial charge in [-0.15, -0.1) is 5.10 Å². The van der Waals surface area contributed by atoms with Crippen LogP contribution in [0.25, 0.3) is 0 Å². The second-order valence-corrected chi connectivity index (χ2v) is 6.32. The number of benzene rings is 2. The summed E-state index contributed by atoms with van der Waals surface area (Å²) in [6, 6.07) is 13.9. The minimum Gasteiger partial charge on any atom is -0.472 e. The molecule has 0 saturated carbocycles. The van der Waals surface area contributed by atoms with Crippen molar-refractivity contribution >= 4 is 5.91 Å². The lowest BCUT2D eigenvalue weighted by Crippen LogP contribution is -2.38. The Morgan fingerprint density at radius 1 is 1.07 bits per heavy atom. The summed E-state index contributed by atoms with van der Waals surface area (Å²) in [6.45, 7) is 1.46. The van der Waals surface area contributed by atoms with Gasteiger partial charge >= 0.3 is 0 Å². The van der Waals surface area contributed by atoms with Crippen LogP contribution in [0.2, 0.25) is 0 Å². The molecular formula is C20H17F2N3O2. The standard InChI is InChI=1S/C20H17F2N3O2/c21-15-5-3-4-14(10-15)13-27-19-11-16-12-24(8-9-25(16)23-19)20(26)17-6-1-2-7-18(17)22/h1-7,10-11H,8-9,12-13H2. The number of fused-ring (bicyclic) bond motifs is 1. The van der Waals surface area contributed by atoms with Gasteiger partial charge in [0.2, 0.25) is 5.88 Å². The first-order valence-electron chi connectivity index (χ1n) is 8.58. The molecule has 2 aromatic carbocycles. The summed E-state index contributed by atoms with van der Waals surface area (Å²) in [6.07, 6.45) is 0. The second kappa shape index (κ2) is 7.19.